The Kier molecular flexibility index (Phi) is 2.84. The Bertz CT molecular complexity index is 443. The van der Waals surface area contributed by atoms with E-state index >= 15 is 0 Å². The van der Waals surface area contributed by atoms with Gasteiger partial charge in [-0.3, -0.25) is 4.79 Å². The molecular formula is C12H13NO3S. The van der Waals surface area contributed by atoms with Gasteiger partial charge in [-0.05, 0) is 24.3 Å². The monoisotopic (exact) mass is 251 g/mol. The Labute approximate surface area is 104 Å². The van der Waals surface area contributed by atoms with Gasteiger partial charge in [0.1, 0.15) is 0 Å². The Morgan fingerprint density at radius 3 is 3.06 bits per heavy atom. The summed E-state index contributed by atoms with van der Waals surface area (Å²) in [7, 11) is 0. The molecule has 2 heterocycles. The maximum Gasteiger partial charge on any atom is 0.231 e. The van der Waals surface area contributed by atoms with Crippen LogP contribution < -0.4 is 14.8 Å². The Morgan fingerprint density at radius 1 is 1.35 bits per heavy atom. The molecule has 90 valence electrons. The first kappa shape index (κ1) is 10.8. The molecule has 0 saturated carbocycles. The van der Waals surface area contributed by atoms with Gasteiger partial charge in [0.25, 0.3) is 0 Å². The topological polar surface area (TPSA) is 47.6 Å². The van der Waals surface area contributed by atoms with Crippen LogP contribution in [0.4, 0.5) is 5.69 Å². The highest BCUT2D eigenvalue weighted by Crippen LogP contribution is 2.34. The van der Waals surface area contributed by atoms with Crippen molar-refractivity contribution >= 4 is 23.4 Å². The fraction of sp³-hybridized carbons (Fsp3) is 0.417. The zero-order valence-electron chi connectivity index (χ0n) is 9.27. The average Bonchev–Trinajstić information content (AvgIpc) is 2.99. The van der Waals surface area contributed by atoms with Crippen molar-refractivity contribution in [3.63, 3.8) is 0 Å². The average molecular weight is 251 g/mol. The quantitative estimate of drug-likeness (QED) is 0.874. The second-order valence-electron chi connectivity index (χ2n) is 4.12. The van der Waals surface area contributed by atoms with Gasteiger partial charge >= 0.3 is 0 Å². The van der Waals surface area contributed by atoms with E-state index in [4.69, 9.17) is 9.47 Å². The third-order valence-electron chi connectivity index (χ3n) is 2.94. The van der Waals surface area contributed by atoms with Crippen molar-refractivity contribution in [3.05, 3.63) is 18.2 Å². The Balaban J connectivity index is 1.70. The predicted octanol–water partition coefficient (Wildman–Crippen LogP) is 2.11. The third kappa shape index (κ3) is 2.20. The van der Waals surface area contributed by atoms with Crippen LogP contribution in [0.3, 0.4) is 0 Å². The van der Waals surface area contributed by atoms with Crippen LogP contribution in [-0.4, -0.2) is 24.2 Å². The number of nitrogens with one attached hydrogen (secondary N) is 1. The van der Waals surface area contributed by atoms with Crippen LogP contribution in [0.25, 0.3) is 0 Å². The molecule has 2 aliphatic heterocycles. The van der Waals surface area contributed by atoms with Crippen molar-refractivity contribution in [1.82, 2.24) is 0 Å². The van der Waals surface area contributed by atoms with Crippen LogP contribution in [0.1, 0.15) is 6.42 Å². The van der Waals surface area contributed by atoms with E-state index in [9.17, 15) is 4.79 Å². The van der Waals surface area contributed by atoms with Crippen molar-refractivity contribution in [2.75, 3.05) is 23.6 Å². The van der Waals surface area contributed by atoms with Gasteiger partial charge in [-0.25, -0.2) is 0 Å². The van der Waals surface area contributed by atoms with Gasteiger partial charge in [0.05, 0.1) is 0 Å². The number of carbonyl (C=O) groups excluding carboxylic acids is 1. The lowest BCUT2D eigenvalue weighted by Gasteiger charge is -2.10. The second kappa shape index (κ2) is 4.49. The number of amides is 1. The maximum absolute atomic E-state index is 11.9. The number of thioether (sulfide) groups is 1. The van der Waals surface area contributed by atoms with Crippen molar-refractivity contribution < 1.29 is 14.3 Å². The number of fused-ring (bicyclic) bond motifs is 1. The van der Waals surface area contributed by atoms with Gasteiger partial charge in [0.2, 0.25) is 12.7 Å². The number of hydrogen-bond acceptors (Lipinski definition) is 4. The SMILES string of the molecule is O=C(Nc1ccc2c(c1)OCO2)C1CCSC1. The lowest BCUT2D eigenvalue weighted by atomic mass is 10.1. The molecule has 0 radical (unpaired) electrons. The zero-order chi connectivity index (χ0) is 11.7. The summed E-state index contributed by atoms with van der Waals surface area (Å²) in [6, 6.07) is 5.47. The summed E-state index contributed by atoms with van der Waals surface area (Å²) in [5.74, 6) is 3.69. The summed E-state index contributed by atoms with van der Waals surface area (Å²) in [5, 5.41) is 2.93. The van der Waals surface area contributed by atoms with E-state index in [1.807, 2.05) is 30.0 Å². The first-order chi connectivity index (χ1) is 8.33. The molecule has 0 aliphatic carbocycles. The van der Waals surface area contributed by atoms with E-state index < -0.39 is 0 Å². The van der Waals surface area contributed by atoms with E-state index in [2.05, 4.69) is 5.32 Å². The van der Waals surface area contributed by atoms with Gasteiger partial charge < -0.3 is 14.8 Å². The maximum atomic E-state index is 11.9. The van der Waals surface area contributed by atoms with E-state index in [0.717, 1.165) is 29.4 Å². The summed E-state index contributed by atoms with van der Waals surface area (Å²) in [4.78, 5) is 11.9. The van der Waals surface area contributed by atoms with Crippen LogP contribution in [0, 0.1) is 5.92 Å². The highest BCUT2D eigenvalue weighted by molar-refractivity contribution is 7.99. The van der Waals surface area contributed by atoms with E-state index in [0.29, 0.717) is 5.75 Å². The Hall–Kier alpha value is -1.36. The molecule has 1 N–H and O–H groups in total. The van der Waals surface area contributed by atoms with Crippen molar-refractivity contribution in [1.29, 1.82) is 0 Å². The molecule has 1 aromatic rings. The molecule has 1 atom stereocenters. The lowest BCUT2D eigenvalue weighted by Crippen LogP contribution is -2.22. The van der Waals surface area contributed by atoms with Gasteiger partial charge in [0.15, 0.2) is 11.5 Å². The molecule has 0 aromatic heterocycles. The third-order valence-corrected chi connectivity index (χ3v) is 4.10. The summed E-state index contributed by atoms with van der Waals surface area (Å²) in [6.45, 7) is 0.256. The molecule has 1 amide bonds. The van der Waals surface area contributed by atoms with Gasteiger partial charge in [-0.1, -0.05) is 0 Å². The van der Waals surface area contributed by atoms with E-state index in [-0.39, 0.29) is 18.6 Å². The molecular weight excluding hydrogens is 238 g/mol. The second-order valence-corrected chi connectivity index (χ2v) is 5.27. The smallest absolute Gasteiger partial charge is 0.231 e. The summed E-state index contributed by atoms with van der Waals surface area (Å²) in [6.07, 6.45) is 0.973. The number of ether oxygens (including phenoxy) is 2. The molecule has 1 aromatic carbocycles. The molecule has 0 spiro atoms. The first-order valence-electron chi connectivity index (χ1n) is 5.61. The number of rotatable bonds is 2. The van der Waals surface area contributed by atoms with Crippen LogP contribution in [0.5, 0.6) is 11.5 Å². The normalized spacial score (nSPS) is 21.5. The first-order valence-corrected chi connectivity index (χ1v) is 6.76. The standard InChI is InChI=1S/C12H13NO3S/c14-12(8-3-4-17-6-8)13-9-1-2-10-11(5-9)16-7-15-10/h1-2,5,8H,3-4,6-7H2,(H,13,14). The lowest BCUT2D eigenvalue weighted by molar-refractivity contribution is -0.119. The van der Waals surface area contributed by atoms with Crippen LogP contribution >= 0.6 is 11.8 Å². The van der Waals surface area contributed by atoms with Crippen LogP contribution in [-0.2, 0) is 4.79 Å². The van der Waals surface area contributed by atoms with Gasteiger partial charge in [-0.2, -0.15) is 11.8 Å². The van der Waals surface area contributed by atoms with E-state index in [1.165, 1.54) is 0 Å². The number of hydrogen-bond donors (Lipinski definition) is 1. The highest BCUT2D eigenvalue weighted by Gasteiger charge is 2.23. The summed E-state index contributed by atoms with van der Waals surface area (Å²) in [5.41, 5.74) is 0.774. The van der Waals surface area contributed by atoms with Crippen LogP contribution in [0.15, 0.2) is 18.2 Å². The molecule has 5 heteroatoms. The van der Waals surface area contributed by atoms with Gasteiger partial charge in [0, 0.05) is 23.4 Å². The Morgan fingerprint density at radius 2 is 2.24 bits per heavy atom. The molecule has 3 rings (SSSR count). The molecule has 0 bridgehead atoms. The largest absolute Gasteiger partial charge is 0.454 e. The molecule has 1 saturated heterocycles. The number of benzene rings is 1. The van der Waals surface area contributed by atoms with Crippen molar-refractivity contribution in [2.24, 2.45) is 5.92 Å². The van der Waals surface area contributed by atoms with Crippen LogP contribution in [0.2, 0.25) is 0 Å². The minimum Gasteiger partial charge on any atom is -0.454 e. The molecule has 4 nitrogen and oxygen atoms in total. The fourth-order valence-corrected chi connectivity index (χ4v) is 3.18. The number of carbonyl (C=O) groups is 1. The zero-order valence-corrected chi connectivity index (χ0v) is 10.1. The summed E-state index contributed by atoms with van der Waals surface area (Å²) >= 11 is 1.84. The predicted molar refractivity (Wildman–Crippen MR) is 66.6 cm³/mol. The molecule has 17 heavy (non-hydrogen) atoms. The minimum absolute atomic E-state index is 0.105. The summed E-state index contributed by atoms with van der Waals surface area (Å²) < 4.78 is 10.5. The highest BCUT2D eigenvalue weighted by atomic mass is 32.2. The van der Waals surface area contributed by atoms with Crippen molar-refractivity contribution in [2.45, 2.75) is 6.42 Å². The molecule has 1 unspecified atom stereocenters. The van der Waals surface area contributed by atoms with E-state index in [1.54, 1.807) is 0 Å². The van der Waals surface area contributed by atoms with Gasteiger partial charge in [-0.15, -0.1) is 0 Å². The number of anilines is 1. The molecule has 1 fully saturated rings. The molecule has 2 aliphatic rings. The fourth-order valence-electron chi connectivity index (χ4n) is 1.96. The van der Waals surface area contributed by atoms with Crippen molar-refractivity contribution in [3.8, 4) is 11.5 Å². The minimum atomic E-state index is 0.105.